The van der Waals surface area contributed by atoms with Gasteiger partial charge in [0.05, 0.1) is 0 Å². The molecule has 3 rings (SSSR count). The molecule has 21 heavy (non-hydrogen) atoms. The lowest BCUT2D eigenvalue weighted by atomic mass is 10.2. The van der Waals surface area contributed by atoms with Crippen molar-refractivity contribution in [3.05, 3.63) is 59.8 Å². The van der Waals surface area contributed by atoms with E-state index in [1.807, 2.05) is 0 Å². The number of aromatic nitrogens is 1. The Balaban J connectivity index is 1.57. The summed E-state index contributed by atoms with van der Waals surface area (Å²) in [5, 5.41) is 0. The van der Waals surface area contributed by atoms with Crippen molar-refractivity contribution in [2.75, 3.05) is 31.1 Å². The first kappa shape index (κ1) is 14.1. The molecule has 1 saturated heterocycles. The predicted octanol–water partition coefficient (Wildman–Crippen LogP) is 2.97. The van der Waals surface area contributed by atoms with E-state index in [4.69, 9.17) is 4.98 Å². The number of rotatable bonds is 4. The van der Waals surface area contributed by atoms with Crippen LogP contribution in [0, 0.1) is 0 Å². The van der Waals surface area contributed by atoms with Crippen LogP contribution in [0.15, 0.2) is 48.5 Å². The molecule has 0 saturated carbocycles. The number of pyridine rings is 1. The fourth-order valence-electron chi connectivity index (χ4n) is 2.82. The van der Waals surface area contributed by atoms with Gasteiger partial charge in [-0.3, -0.25) is 4.90 Å². The number of nitrogens with zero attached hydrogens (tertiary/aromatic N) is 3. The number of piperazine rings is 1. The Morgan fingerprint density at radius 2 is 1.67 bits per heavy atom. The molecule has 1 aromatic heterocycles. The molecule has 0 aliphatic carbocycles. The molecule has 3 nitrogen and oxygen atoms in total. The third kappa shape index (κ3) is 3.61. The standard InChI is InChI=1S/C18H23N3/c1-2-17-9-6-10-18(19-17)21-13-11-20(12-14-21)15-16-7-4-3-5-8-16/h3-10H,2,11-15H2,1H3. The quantitative estimate of drug-likeness (QED) is 0.859. The van der Waals surface area contributed by atoms with Gasteiger partial charge in [0.1, 0.15) is 5.82 Å². The van der Waals surface area contributed by atoms with Gasteiger partial charge in [0.15, 0.2) is 0 Å². The lowest BCUT2D eigenvalue weighted by Gasteiger charge is -2.35. The van der Waals surface area contributed by atoms with Crippen molar-refractivity contribution in [1.29, 1.82) is 0 Å². The summed E-state index contributed by atoms with van der Waals surface area (Å²) in [5.41, 5.74) is 2.58. The first-order valence-electron chi connectivity index (χ1n) is 7.82. The van der Waals surface area contributed by atoms with Gasteiger partial charge in [-0.15, -0.1) is 0 Å². The highest BCUT2D eigenvalue weighted by molar-refractivity contribution is 5.40. The van der Waals surface area contributed by atoms with Crippen LogP contribution in [0.3, 0.4) is 0 Å². The molecule has 0 amide bonds. The fourth-order valence-corrected chi connectivity index (χ4v) is 2.82. The van der Waals surface area contributed by atoms with Crippen molar-refractivity contribution in [2.24, 2.45) is 0 Å². The zero-order chi connectivity index (χ0) is 14.5. The van der Waals surface area contributed by atoms with E-state index in [0.717, 1.165) is 45.0 Å². The van der Waals surface area contributed by atoms with Crippen LogP contribution < -0.4 is 4.90 Å². The molecule has 0 N–H and O–H groups in total. The van der Waals surface area contributed by atoms with Crippen LogP contribution in [0.5, 0.6) is 0 Å². The van der Waals surface area contributed by atoms with Crippen molar-refractivity contribution in [3.8, 4) is 0 Å². The summed E-state index contributed by atoms with van der Waals surface area (Å²) >= 11 is 0. The predicted molar refractivity (Wildman–Crippen MR) is 87.5 cm³/mol. The summed E-state index contributed by atoms with van der Waals surface area (Å²) in [6, 6.07) is 17.1. The highest BCUT2D eigenvalue weighted by atomic mass is 15.3. The highest BCUT2D eigenvalue weighted by Gasteiger charge is 2.18. The Morgan fingerprint density at radius 1 is 0.905 bits per heavy atom. The average Bonchev–Trinajstić information content (AvgIpc) is 2.56. The number of anilines is 1. The first-order chi connectivity index (χ1) is 10.3. The Labute approximate surface area is 127 Å². The van der Waals surface area contributed by atoms with E-state index in [0.29, 0.717) is 0 Å². The molecule has 1 aromatic carbocycles. The van der Waals surface area contributed by atoms with Gasteiger partial charge >= 0.3 is 0 Å². The van der Waals surface area contributed by atoms with Crippen molar-refractivity contribution in [1.82, 2.24) is 9.88 Å². The maximum absolute atomic E-state index is 4.73. The molecule has 0 bridgehead atoms. The van der Waals surface area contributed by atoms with Crippen LogP contribution in [0.2, 0.25) is 0 Å². The molecular weight excluding hydrogens is 258 g/mol. The summed E-state index contributed by atoms with van der Waals surface area (Å²) in [5.74, 6) is 1.13. The van der Waals surface area contributed by atoms with E-state index in [1.165, 1.54) is 11.3 Å². The molecule has 2 aromatic rings. The zero-order valence-corrected chi connectivity index (χ0v) is 12.7. The second kappa shape index (κ2) is 6.72. The Bertz CT molecular complexity index is 560. The summed E-state index contributed by atoms with van der Waals surface area (Å²) in [6.45, 7) is 7.54. The summed E-state index contributed by atoms with van der Waals surface area (Å²) < 4.78 is 0. The molecule has 0 spiro atoms. The van der Waals surface area contributed by atoms with E-state index in [9.17, 15) is 0 Å². The smallest absolute Gasteiger partial charge is 0.128 e. The van der Waals surface area contributed by atoms with E-state index in [2.05, 4.69) is 65.3 Å². The van der Waals surface area contributed by atoms with E-state index in [1.54, 1.807) is 0 Å². The molecule has 2 heterocycles. The molecule has 0 unspecified atom stereocenters. The van der Waals surface area contributed by atoms with Crippen molar-refractivity contribution >= 4 is 5.82 Å². The largest absolute Gasteiger partial charge is 0.354 e. The average molecular weight is 281 g/mol. The van der Waals surface area contributed by atoms with Gasteiger partial charge in [0.2, 0.25) is 0 Å². The van der Waals surface area contributed by atoms with E-state index < -0.39 is 0 Å². The number of benzene rings is 1. The van der Waals surface area contributed by atoms with Gasteiger partial charge < -0.3 is 4.90 Å². The lowest BCUT2D eigenvalue weighted by Crippen LogP contribution is -2.46. The zero-order valence-electron chi connectivity index (χ0n) is 12.7. The number of aryl methyl sites for hydroxylation is 1. The second-order valence-electron chi connectivity index (χ2n) is 5.59. The van der Waals surface area contributed by atoms with Gasteiger partial charge in [-0.1, -0.05) is 43.3 Å². The normalized spacial score (nSPS) is 16.1. The third-order valence-corrected chi connectivity index (χ3v) is 4.10. The SMILES string of the molecule is CCc1cccc(N2CCN(Cc3ccccc3)CC2)n1. The van der Waals surface area contributed by atoms with Gasteiger partial charge in [-0.2, -0.15) is 0 Å². The molecule has 0 atom stereocenters. The van der Waals surface area contributed by atoms with Crippen molar-refractivity contribution in [2.45, 2.75) is 19.9 Å². The summed E-state index contributed by atoms with van der Waals surface area (Å²) in [7, 11) is 0. The maximum Gasteiger partial charge on any atom is 0.128 e. The van der Waals surface area contributed by atoms with Crippen LogP contribution in [0.4, 0.5) is 5.82 Å². The molecule has 1 aliphatic heterocycles. The van der Waals surface area contributed by atoms with Crippen LogP contribution >= 0.6 is 0 Å². The van der Waals surface area contributed by atoms with Crippen molar-refractivity contribution < 1.29 is 0 Å². The summed E-state index contributed by atoms with van der Waals surface area (Å²) in [6.07, 6.45) is 1.00. The molecule has 0 radical (unpaired) electrons. The van der Waals surface area contributed by atoms with Crippen LogP contribution in [0.25, 0.3) is 0 Å². The molecule has 1 fully saturated rings. The highest BCUT2D eigenvalue weighted by Crippen LogP contribution is 2.15. The molecule has 3 heteroatoms. The number of hydrogen-bond acceptors (Lipinski definition) is 3. The van der Waals surface area contributed by atoms with Crippen LogP contribution in [0.1, 0.15) is 18.2 Å². The van der Waals surface area contributed by atoms with Crippen LogP contribution in [-0.4, -0.2) is 36.1 Å². The molecule has 1 aliphatic rings. The van der Waals surface area contributed by atoms with Gasteiger partial charge in [0.25, 0.3) is 0 Å². The Hall–Kier alpha value is -1.87. The first-order valence-corrected chi connectivity index (χ1v) is 7.82. The van der Waals surface area contributed by atoms with Gasteiger partial charge in [-0.05, 0) is 24.1 Å². The topological polar surface area (TPSA) is 19.4 Å². The minimum Gasteiger partial charge on any atom is -0.354 e. The summed E-state index contributed by atoms with van der Waals surface area (Å²) in [4.78, 5) is 9.66. The number of hydrogen-bond donors (Lipinski definition) is 0. The molecular formula is C18H23N3. The minimum absolute atomic E-state index is 1.00. The maximum atomic E-state index is 4.73. The monoisotopic (exact) mass is 281 g/mol. The lowest BCUT2D eigenvalue weighted by molar-refractivity contribution is 0.249. The third-order valence-electron chi connectivity index (χ3n) is 4.10. The van der Waals surface area contributed by atoms with Crippen LogP contribution in [-0.2, 0) is 13.0 Å². The Kier molecular flexibility index (Phi) is 4.51. The Morgan fingerprint density at radius 3 is 2.38 bits per heavy atom. The van der Waals surface area contributed by atoms with Crippen molar-refractivity contribution in [3.63, 3.8) is 0 Å². The minimum atomic E-state index is 1.00. The molecule has 110 valence electrons. The van der Waals surface area contributed by atoms with E-state index in [-0.39, 0.29) is 0 Å². The van der Waals surface area contributed by atoms with Gasteiger partial charge in [0, 0.05) is 38.4 Å². The fraction of sp³-hybridized carbons (Fsp3) is 0.389. The second-order valence-corrected chi connectivity index (χ2v) is 5.59. The van der Waals surface area contributed by atoms with Gasteiger partial charge in [-0.25, -0.2) is 4.98 Å². The van der Waals surface area contributed by atoms with E-state index >= 15 is 0 Å².